The molecule has 3 aromatic rings. The molecule has 142 valence electrons. The predicted molar refractivity (Wildman–Crippen MR) is 94.5 cm³/mol. The second kappa shape index (κ2) is 6.49. The maximum Gasteiger partial charge on any atom is 0.344 e. The molecule has 1 aliphatic heterocycles. The molecule has 0 saturated carbocycles. The first-order chi connectivity index (χ1) is 13.4. The van der Waals surface area contributed by atoms with Gasteiger partial charge in [0.1, 0.15) is 11.2 Å². The summed E-state index contributed by atoms with van der Waals surface area (Å²) >= 11 is 0. The number of hydrogen-bond acceptors (Lipinski definition) is 6. The number of ether oxygens (including phenoxy) is 2. The van der Waals surface area contributed by atoms with E-state index in [1.54, 1.807) is 24.3 Å². The van der Waals surface area contributed by atoms with Crippen LogP contribution in [0.1, 0.15) is 17.0 Å². The number of hydrogen-bond donors (Lipinski definition) is 1. The molecule has 0 aliphatic carbocycles. The smallest absolute Gasteiger partial charge is 0.344 e. The fraction of sp³-hybridized carbons (Fsp3) is 0.100. The first-order valence-corrected chi connectivity index (χ1v) is 8.19. The lowest BCUT2D eigenvalue weighted by molar-refractivity contribution is -0.136. The van der Waals surface area contributed by atoms with Crippen LogP contribution in [0.3, 0.4) is 0 Å². The van der Waals surface area contributed by atoms with Gasteiger partial charge in [0, 0.05) is 0 Å². The Labute approximate surface area is 156 Å². The molecule has 8 heteroatoms. The number of carbonyl (C=O) groups excluding carboxylic acids is 1. The summed E-state index contributed by atoms with van der Waals surface area (Å²) in [4.78, 5) is 25.1. The largest absolute Gasteiger partial charge is 0.465 e. The lowest BCUT2D eigenvalue weighted by Gasteiger charge is -2.27. The fourth-order valence-electron chi connectivity index (χ4n) is 3.30. The number of nitrogens with two attached hydrogens (primary N) is 1. The third kappa shape index (κ3) is 2.61. The van der Waals surface area contributed by atoms with Crippen molar-refractivity contribution in [3.05, 3.63) is 87.1 Å². The van der Waals surface area contributed by atoms with Gasteiger partial charge < -0.3 is 19.6 Å². The molecule has 0 saturated heterocycles. The van der Waals surface area contributed by atoms with Crippen molar-refractivity contribution in [2.75, 3.05) is 7.11 Å². The van der Waals surface area contributed by atoms with Crippen LogP contribution >= 0.6 is 0 Å². The number of benzene rings is 2. The molecule has 4 rings (SSSR count). The minimum absolute atomic E-state index is 0.0562. The van der Waals surface area contributed by atoms with E-state index in [2.05, 4.69) is 0 Å². The van der Waals surface area contributed by atoms with Crippen molar-refractivity contribution in [2.24, 2.45) is 5.73 Å². The highest BCUT2D eigenvalue weighted by atomic mass is 19.2. The summed E-state index contributed by atoms with van der Waals surface area (Å²) in [5.74, 6) is -4.45. The molecule has 0 amide bonds. The average Bonchev–Trinajstić information content (AvgIpc) is 2.68. The topological polar surface area (TPSA) is 91.8 Å². The summed E-state index contributed by atoms with van der Waals surface area (Å²) in [5.41, 5.74) is 5.28. The molecule has 2 aromatic carbocycles. The molecule has 6 nitrogen and oxygen atoms in total. The zero-order valence-corrected chi connectivity index (χ0v) is 14.5. The molecule has 1 aliphatic rings. The van der Waals surface area contributed by atoms with Crippen molar-refractivity contribution in [1.82, 2.24) is 0 Å². The third-order valence-electron chi connectivity index (χ3n) is 4.54. The highest BCUT2D eigenvalue weighted by Crippen LogP contribution is 2.44. The lowest BCUT2D eigenvalue weighted by Crippen LogP contribution is -2.30. The predicted octanol–water partition coefficient (Wildman–Crippen LogP) is 2.94. The standard InChI is InChI=1S/C20H13F2NO5/c1-26-19(24)16-14(9-6-7-11(21)12(22)8-9)15-17(28-18(16)23)10-4-2-3-5-13(10)27-20(15)25/h2-8,14H,23H2,1H3. The molecular formula is C20H13F2NO5. The highest BCUT2D eigenvalue weighted by Gasteiger charge is 2.39. The summed E-state index contributed by atoms with van der Waals surface area (Å²) in [7, 11) is 1.13. The molecule has 2 heterocycles. The molecule has 0 fully saturated rings. The molecule has 1 aromatic heterocycles. The van der Waals surface area contributed by atoms with Gasteiger partial charge in [-0.2, -0.15) is 0 Å². The van der Waals surface area contributed by atoms with Crippen molar-refractivity contribution in [3.63, 3.8) is 0 Å². The van der Waals surface area contributed by atoms with Crippen molar-refractivity contribution in [3.8, 4) is 5.75 Å². The summed E-state index contributed by atoms with van der Waals surface area (Å²) < 4.78 is 43.0. The van der Waals surface area contributed by atoms with Gasteiger partial charge in [-0.1, -0.05) is 18.2 Å². The van der Waals surface area contributed by atoms with E-state index in [-0.39, 0.29) is 33.9 Å². The van der Waals surface area contributed by atoms with E-state index >= 15 is 0 Å². The van der Waals surface area contributed by atoms with Gasteiger partial charge in [-0.3, -0.25) is 0 Å². The average molecular weight is 385 g/mol. The van der Waals surface area contributed by atoms with Crippen molar-refractivity contribution in [2.45, 2.75) is 5.92 Å². The second-order valence-electron chi connectivity index (χ2n) is 6.11. The van der Waals surface area contributed by atoms with Crippen LogP contribution in [0.15, 0.2) is 63.1 Å². The van der Waals surface area contributed by atoms with Gasteiger partial charge in [0.05, 0.1) is 24.0 Å². The Morgan fingerprint density at radius 2 is 1.89 bits per heavy atom. The Bertz CT molecular complexity index is 1210. The molecule has 0 bridgehead atoms. The molecule has 2 N–H and O–H groups in total. The van der Waals surface area contributed by atoms with Crippen LogP contribution in [0, 0.1) is 11.6 Å². The number of halogens is 2. The van der Waals surface area contributed by atoms with Gasteiger partial charge in [0.15, 0.2) is 17.4 Å². The van der Waals surface area contributed by atoms with E-state index in [0.717, 1.165) is 19.2 Å². The third-order valence-corrected chi connectivity index (χ3v) is 4.54. The Balaban J connectivity index is 2.08. The summed E-state index contributed by atoms with van der Waals surface area (Å²) in [6.45, 7) is 0. The fourth-order valence-corrected chi connectivity index (χ4v) is 3.30. The van der Waals surface area contributed by atoms with Crippen LogP contribution in [0.4, 0.5) is 8.78 Å². The molecule has 0 spiro atoms. The van der Waals surface area contributed by atoms with Crippen molar-refractivity contribution in [1.29, 1.82) is 0 Å². The van der Waals surface area contributed by atoms with E-state index in [0.29, 0.717) is 5.39 Å². The Morgan fingerprint density at radius 1 is 1.14 bits per heavy atom. The van der Waals surface area contributed by atoms with Crippen molar-refractivity contribution < 1.29 is 27.5 Å². The summed E-state index contributed by atoms with van der Waals surface area (Å²) in [6, 6.07) is 9.63. The number of methoxy groups -OCH3 is 1. The molecule has 28 heavy (non-hydrogen) atoms. The quantitative estimate of drug-likeness (QED) is 0.539. The second-order valence-corrected chi connectivity index (χ2v) is 6.11. The number of esters is 1. The number of carbonyl (C=O) groups is 1. The van der Waals surface area contributed by atoms with Crippen LogP contribution in [0.5, 0.6) is 5.75 Å². The van der Waals surface area contributed by atoms with E-state index in [9.17, 15) is 18.4 Å². The summed E-state index contributed by atoms with van der Waals surface area (Å²) in [6.07, 6.45) is 0. The minimum Gasteiger partial charge on any atom is -0.465 e. The normalized spacial score (nSPS) is 15.9. The highest BCUT2D eigenvalue weighted by molar-refractivity contribution is 5.94. The molecular weight excluding hydrogens is 372 g/mol. The lowest BCUT2D eigenvalue weighted by atomic mass is 9.83. The minimum atomic E-state index is -1.16. The van der Waals surface area contributed by atoms with Crippen molar-refractivity contribution >= 4 is 16.9 Å². The molecule has 0 radical (unpaired) electrons. The van der Waals surface area contributed by atoms with Gasteiger partial charge in [0.2, 0.25) is 5.88 Å². The Hall–Kier alpha value is -3.68. The van der Waals surface area contributed by atoms with Crippen LogP contribution in [-0.2, 0) is 9.53 Å². The Morgan fingerprint density at radius 3 is 2.61 bits per heavy atom. The van der Waals surface area contributed by atoms with Gasteiger partial charge >= 0.3 is 11.6 Å². The van der Waals surface area contributed by atoms with Crippen LogP contribution in [0.25, 0.3) is 11.0 Å². The van der Waals surface area contributed by atoms with E-state index in [1.807, 2.05) is 0 Å². The maximum atomic E-state index is 13.9. The van der Waals surface area contributed by atoms with Crippen LogP contribution in [0.2, 0.25) is 0 Å². The summed E-state index contributed by atoms with van der Waals surface area (Å²) in [5, 5.41) is 0.441. The van der Waals surface area contributed by atoms with Crippen LogP contribution < -0.4 is 16.1 Å². The molecule has 1 unspecified atom stereocenters. The first-order valence-electron chi connectivity index (χ1n) is 8.19. The van der Waals surface area contributed by atoms with Gasteiger partial charge in [-0.05, 0) is 29.8 Å². The van der Waals surface area contributed by atoms with E-state index in [1.165, 1.54) is 6.07 Å². The van der Waals surface area contributed by atoms with Gasteiger partial charge in [0.25, 0.3) is 0 Å². The van der Waals surface area contributed by atoms with Gasteiger partial charge in [-0.25, -0.2) is 18.4 Å². The van der Waals surface area contributed by atoms with Gasteiger partial charge in [-0.15, -0.1) is 0 Å². The molecule has 1 atom stereocenters. The zero-order chi connectivity index (χ0) is 20.0. The monoisotopic (exact) mass is 385 g/mol. The SMILES string of the molecule is COC(=O)C1=C(N)Oc2c(c(=O)oc3ccccc23)C1c1ccc(F)c(F)c1. The van der Waals surface area contributed by atoms with Crippen LogP contribution in [-0.4, -0.2) is 13.1 Å². The zero-order valence-electron chi connectivity index (χ0n) is 14.5. The number of rotatable bonds is 2. The maximum absolute atomic E-state index is 13.9. The van der Waals surface area contributed by atoms with E-state index < -0.39 is 29.1 Å². The Kier molecular flexibility index (Phi) is 4.11. The number of fused-ring (bicyclic) bond motifs is 3. The number of para-hydroxylation sites is 1. The van der Waals surface area contributed by atoms with E-state index in [4.69, 9.17) is 19.6 Å². The first kappa shape index (κ1) is 17.7.